The van der Waals surface area contributed by atoms with Crippen LogP contribution >= 0.6 is 11.8 Å². The number of nitrogens with one attached hydrogen (secondary N) is 1. The van der Waals surface area contributed by atoms with Gasteiger partial charge in [-0.3, -0.25) is 9.36 Å². The number of likely N-dealkylation sites (tertiary alicyclic amines) is 1. The highest BCUT2D eigenvalue weighted by Gasteiger charge is 2.24. The Morgan fingerprint density at radius 2 is 2.07 bits per heavy atom. The molecule has 2 aliphatic rings. The predicted octanol–water partition coefficient (Wildman–Crippen LogP) is 3.32. The SMILES string of the molecule is O=C(CSc1nnc(-c2c[nH]c3ccccc23)n1CC1CCCO1)N1CCCC1. The minimum Gasteiger partial charge on any atom is -0.376 e. The van der Waals surface area contributed by atoms with Crippen molar-refractivity contribution in [3.05, 3.63) is 30.5 Å². The van der Waals surface area contributed by atoms with Gasteiger partial charge in [-0.05, 0) is 31.7 Å². The fourth-order valence-electron chi connectivity index (χ4n) is 4.19. The van der Waals surface area contributed by atoms with Crippen molar-refractivity contribution >= 4 is 28.6 Å². The minimum atomic E-state index is 0.170. The van der Waals surface area contributed by atoms with E-state index in [1.54, 1.807) is 0 Å². The molecule has 0 aliphatic carbocycles. The number of para-hydroxylation sites is 1. The van der Waals surface area contributed by atoms with Gasteiger partial charge in [0.05, 0.1) is 18.4 Å². The molecule has 1 N–H and O–H groups in total. The smallest absolute Gasteiger partial charge is 0.233 e. The topological polar surface area (TPSA) is 76.0 Å². The Morgan fingerprint density at radius 1 is 1.21 bits per heavy atom. The van der Waals surface area contributed by atoms with E-state index in [9.17, 15) is 4.79 Å². The summed E-state index contributed by atoms with van der Waals surface area (Å²) in [6, 6.07) is 8.20. The molecule has 0 radical (unpaired) electrons. The van der Waals surface area contributed by atoms with Crippen LogP contribution in [0.4, 0.5) is 0 Å². The molecule has 2 aromatic heterocycles. The molecule has 1 aromatic carbocycles. The summed E-state index contributed by atoms with van der Waals surface area (Å²) >= 11 is 1.48. The lowest BCUT2D eigenvalue weighted by molar-refractivity contribution is -0.127. The van der Waals surface area contributed by atoms with Gasteiger partial charge < -0.3 is 14.6 Å². The number of hydrogen-bond acceptors (Lipinski definition) is 5. The number of ether oxygens (including phenoxy) is 1. The molecule has 2 fully saturated rings. The first kappa shape index (κ1) is 18.7. The third kappa shape index (κ3) is 3.79. The largest absolute Gasteiger partial charge is 0.376 e. The highest BCUT2D eigenvalue weighted by Crippen LogP contribution is 2.31. The summed E-state index contributed by atoms with van der Waals surface area (Å²) < 4.78 is 8.01. The van der Waals surface area contributed by atoms with Gasteiger partial charge in [0, 0.05) is 42.4 Å². The van der Waals surface area contributed by atoms with E-state index >= 15 is 0 Å². The Kier molecular flexibility index (Phi) is 5.28. The van der Waals surface area contributed by atoms with Gasteiger partial charge in [0.2, 0.25) is 5.91 Å². The van der Waals surface area contributed by atoms with E-state index in [1.165, 1.54) is 11.8 Å². The third-order valence-corrected chi connectivity index (χ3v) is 6.69. The summed E-state index contributed by atoms with van der Waals surface area (Å²) in [4.78, 5) is 17.8. The summed E-state index contributed by atoms with van der Waals surface area (Å²) in [5, 5.41) is 10.9. The van der Waals surface area contributed by atoms with Crippen LogP contribution in [0.5, 0.6) is 0 Å². The van der Waals surface area contributed by atoms with Crippen molar-refractivity contribution in [3.63, 3.8) is 0 Å². The van der Waals surface area contributed by atoms with E-state index in [4.69, 9.17) is 4.74 Å². The van der Waals surface area contributed by atoms with Crippen molar-refractivity contribution in [1.82, 2.24) is 24.6 Å². The monoisotopic (exact) mass is 411 g/mol. The van der Waals surface area contributed by atoms with Crippen molar-refractivity contribution in [2.45, 2.75) is 43.5 Å². The fourth-order valence-corrected chi connectivity index (χ4v) is 5.04. The number of H-pyrrole nitrogens is 1. The molecule has 2 saturated heterocycles. The Labute approximate surface area is 173 Å². The fraction of sp³-hybridized carbons (Fsp3) is 0.476. The van der Waals surface area contributed by atoms with Crippen LogP contribution in [0.3, 0.4) is 0 Å². The summed E-state index contributed by atoms with van der Waals surface area (Å²) in [5.74, 6) is 1.42. The molecular formula is C21H25N5O2S. The van der Waals surface area contributed by atoms with Crippen molar-refractivity contribution in [1.29, 1.82) is 0 Å². The first-order valence-corrected chi connectivity index (χ1v) is 11.3. The second-order valence-electron chi connectivity index (χ2n) is 7.68. The van der Waals surface area contributed by atoms with E-state index < -0.39 is 0 Å². The number of amides is 1. The number of nitrogens with zero attached hydrogens (tertiary/aromatic N) is 4. The molecular weight excluding hydrogens is 386 g/mol. The molecule has 2 aliphatic heterocycles. The van der Waals surface area contributed by atoms with E-state index in [0.29, 0.717) is 12.3 Å². The third-order valence-electron chi connectivity index (χ3n) is 5.74. The van der Waals surface area contributed by atoms with Crippen LogP contribution in [0, 0.1) is 0 Å². The molecule has 4 heterocycles. The second-order valence-corrected chi connectivity index (χ2v) is 8.62. The highest BCUT2D eigenvalue weighted by molar-refractivity contribution is 7.99. The average Bonchev–Trinajstić information content (AvgIpc) is 3.53. The average molecular weight is 412 g/mol. The molecule has 7 nitrogen and oxygen atoms in total. The maximum Gasteiger partial charge on any atom is 0.233 e. The molecule has 0 spiro atoms. The van der Waals surface area contributed by atoms with Gasteiger partial charge in [0.25, 0.3) is 0 Å². The maximum atomic E-state index is 12.5. The lowest BCUT2D eigenvalue weighted by atomic mass is 10.1. The van der Waals surface area contributed by atoms with Gasteiger partial charge in [-0.2, -0.15) is 0 Å². The Morgan fingerprint density at radius 3 is 2.90 bits per heavy atom. The summed E-state index contributed by atoms with van der Waals surface area (Å²) in [7, 11) is 0. The molecule has 152 valence electrons. The van der Waals surface area contributed by atoms with Gasteiger partial charge in [-0.1, -0.05) is 30.0 Å². The van der Waals surface area contributed by atoms with Gasteiger partial charge in [0.15, 0.2) is 11.0 Å². The van der Waals surface area contributed by atoms with Gasteiger partial charge in [-0.25, -0.2) is 0 Å². The van der Waals surface area contributed by atoms with Crippen LogP contribution in [-0.2, 0) is 16.1 Å². The highest BCUT2D eigenvalue weighted by atomic mass is 32.2. The van der Waals surface area contributed by atoms with Crippen LogP contribution in [-0.4, -0.2) is 62.1 Å². The molecule has 8 heteroatoms. The normalized spacial score (nSPS) is 19.4. The number of carbonyl (C=O) groups is 1. The molecule has 1 amide bonds. The first-order chi connectivity index (χ1) is 14.3. The van der Waals surface area contributed by atoms with Crippen LogP contribution in [0.1, 0.15) is 25.7 Å². The number of rotatable bonds is 6. The first-order valence-electron chi connectivity index (χ1n) is 10.3. The van der Waals surface area contributed by atoms with Crippen LogP contribution in [0.25, 0.3) is 22.3 Å². The van der Waals surface area contributed by atoms with Crippen LogP contribution in [0.15, 0.2) is 35.6 Å². The quantitative estimate of drug-likeness (QED) is 0.630. The summed E-state index contributed by atoms with van der Waals surface area (Å²) in [6.07, 6.45) is 6.51. The summed E-state index contributed by atoms with van der Waals surface area (Å²) in [5.41, 5.74) is 2.11. The lowest BCUT2D eigenvalue weighted by Crippen LogP contribution is -2.29. The van der Waals surface area contributed by atoms with Gasteiger partial charge >= 0.3 is 0 Å². The second kappa shape index (κ2) is 8.20. The number of thioether (sulfide) groups is 1. The van der Waals surface area contributed by atoms with Crippen molar-refractivity contribution in [3.8, 4) is 11.4 Å². The van der Waals surface area contributed by atoms with E-state index in [-0.39, 0.29) is 12.0 Å². The van der Waals surface area contributed by atoms with E-state index in [0.717, 1.165) is 72.8 Å². The number of fused-ring (bicyclic) bond motifs is 1. The van der Waals surface area contributed by atoms with Crippen molar-refractivity contribution in [2.24, 2.45) is 0 Å². The van der Waals surface area contributed by atoms with E-state index in [2.05, 4.69) is 31.9 Å². The van der Waals surface area contributed by atoms with Crippen LogP contribution < -0.4 is 0 Å². The molecule has 3 aromatic rings. The number of benzene rings is 1. The number of hydrogen-bond donors (Lipinski definition) is 1. The Balaban J connectivity index is 1.44. The zero-order valence-electron chi connectivity index (χ0n) is 16.3. The lowest BCUT2D eigenvalue weighted by Gasteiger charge is -2.16. The molecule has 1 atom stereocenters. The molecule has 0 bridgehead atoms. The van der Waals surface area contributed by atoms with E-state index in [1.807, 2.05) is 23.2 Å². The molecule has 29 heavy (non-hydrogen) atoms. The van der Waals surface area contributed by atoms with Gasteiger partial charge in [-0.15, -0.1) is 10.2 Å². The van der Waals surface area contributed by atoms with Crippen LogP contribution in [0.2, 0.25) is 0 Å². The maximum absolute atomic E-state index is 12.5. The zero-order valence-corrected chi connectivity index (χ0v) is 17.2. The standard InChI is InChI=1S/C21H25N5O2S/c27-19(25-9-3-4-10-25)14-29-21-24-23-20(26(21)13-15-6-5-11-28-15)17-12-22-18-8-2-1-7-16(17)18/h1-2,7-8,12,15,22H,3-6,9-11,13-14H2. The minimum absolute atomic E-state index is 0.170. The predicted molar refractivity (Wildman–Crippen MR) is 113 cm³/mol. The summed E-state index contributed by atoms with van der Waals surface area (Å²) in [6.45, 7) is 3.28. The number of aromatic nitrogens is 4. The molecule has 1 unspecified atom stereocenters. The van der Waals surface area contributed by atoms with Crippen molar-refractivity contribution < 1.29 is 9.53 Å². The zero-order chi connectivity index (χ0) is 19.6. The number of carbonyl (C=O) groups excluding carboxylic acids is 1. The Hall–Kier alpha value is -2.32. The molecule has 0 saturated carbocycles. The number of aromatic amines is 1. The van der Waals surface area contributed by atoms with Gasteiger partial charge in [0.1, 0.15) is 0 Å². The van der Waals surface area contributed by atoms with Crippen molar-refractivity contribution in [2.75, 3.05) is 25.4 Å². The Bertz CT molecular complexity index is 1000. The molecule has 5 rings (SSSR count).